The Hall–Kier alpha value is -2.50. The molecule has 0 aliphatic carbocycles. The number of nitrogens with one attached hydrogen (secondary N) is 2. The molecule has 2 rings (SSSR count). The van der Waals surface area contributed by atoms with Gasteiger partial charge in [0.25, 0.3) is 0 Å². The van der Waals surface area contributed by atoms with E-state index in [-0.39, 0.29) is 24.9 Å². The van der Waals surface area contributed by atoms with Gasteiger partial charge in [-0.15, -0.1) is 4.52 Å². The van der Waals surface area contributed by atoms with Gasteiger partial charge in [0, 0.05) is 37.4 Å². The van der Waals surface area contributed by atoms with Crippen molar-refractivity contribution in [2.75, 3.05) is 26.4 Å². The molecule has 1 saturated heterocycles. The predicted molar refractivity (Wildman–Crippen MR) is 159 cm³/mol. The SMILES string of the molecule is CC(C)[C@@H](NC(=O)NCC(C)(C)OC(=O)OCO[P+](=O)C(C)(C)N)C(=O)N1CC[C@](O)(c2ccc(Cl)cc2)C(C)(C)C1. The van der Waals surface area contributed by atoms with Gasteiger partial charge in [0.2, 0.25) is 18.0 Å². The number of benzene rings is 1. The molecule has 1 aliphatic heterocycles. The molecule has 3 atom stereocenters. The number of likely N-dealkylation sites (tertiary alicyclic amines) is 1. The average molecular weight is 632 g/mol. The number of nitrogens with two attached hydrogens (primary N) is 1. The summed E-state index contributed by atoms with van der Waals surface area (Å²) < 4.78 is 26.7. The van der Waals surface area contributed by atoms with Crippen molar-refractivity contribution in [1.82, 2.24) is 15.5 Å². The van der Waals surface area contributed by atoms with Crippen LogP contribution >= 0.6 is 19.6 Å². The van der Waals surface area contributed by atoms with Crippen molar-refractivity contribution in [3.8, 4) is 0 Å². The summed E-state index contributed by atoms with van der Waals surface area (Å²) in [4.78, 5) is 40.0. The molecule has 14 heteroatoms. The summed E-state index contributed by atoms with van der Waals surface area (Å²) in [6.45, 7) is 13.5. The highest BCUT2D eigenvalue weighted by molar-refractivity contribution is 7.40. The molecule has 0 radical (unpaired) electrons. The lowest BCUT2D eigenvalue weighted by Crippen LogP contribution is -2.61. The number of amides is 3. The number of rotatable bonds is 11. The van der Waals surface area contributed by atoms with Crippen LogP contribution in [0.5, 0.6) is 0 Å². The van der Waals surface area contributed by atoms with E-state index in [2.05, 4.69) is 10.6 Å². The van der Waals surface area contributed by atoms with E-state index >= 15 is 0 Å². The molecule has 1 heterocycles. The lowest BCUT2D eigenvalue weighted by Gasteiger charge is -2.51. The van der Waals surface area contributed by atoms with E-state index in [1.807, 2.05) is 27.7 Å². The zero-order valence-corrected chi connectivity index (χ0v) is 27.3. The van der Waals surface area contributed by atoms with Crippen molar-refractivity contribution in [3.63, 3.8) is 0 Å². The molecule has 1 aliphatic rings. The van der Waals surface area contributed by atoms with Crippen molar-refractivity contribution in [1.29, 1.82) is 0 Å². The Morgan fingerprint density at radius 2 is 1.76 bits per heavy atom. The van der Waals surface area contributed by atoms with Crippen LogP contribution in [0.15, 0.2) is 24.3 Å². The first kappa shape index (κ1) is 35.7. The number of carbonyl (C=O) groups excluding carboxylic acids is 3. The van der Waals surface area contributed by atoms with E-state index in [0.29, 0.717) is 18.0 Å². The summed E-state index contributed by atoms with van der Waals surface area (Å²) >= 11 is 6.03. The Labute approximate surface area is 253 Å². The van der Waals surface area contributed by atoms with Gasteiger partial charge in [0.1, 0.15) is 11.6 Å². The molecule has 236 valence electrons. The maximum absolute atomic E-state index is 13.6. The van der Waals surface area contributed by atoms with Crippen molar-refractivity contribution in [3.05, 3.63) is 34.9 Å². The highest BCUT2D eigenvalue weighted by Crippen LogP contribution is 2.46. The Kier molecular flexibility index (Phi) is 11.8. The number of urea groups is 1. The molecule has 12 nitrogen and oxygen atoms in total. The van der Waals surface area contributed by atoms with Gasteiger partial charge < -0.3 is 30.1 Å². The first-order valence-corrected chi connectivity index (χ1v) is 15.3. The number of hydrogen-bond donors (Lipinski definition) is 4. The van der Waals surface area contributed by atoms with Crippen LogP contribution in [0, 0.1) is 11.3 Å². The van der Waals surface area contributed by atoms with Crippen LogP contribution in [0.3, 0.4) is 0 Å². The van der Waals surface area contributed by atoms with Crippen LogP contribution in [0.4, 0.5) is 9.59 Å². The smallest absolute Gasteiger partial charge is 0.426 e. The average Bonchev–Trinajstić information content (AvgIpc) is 2.86. The molecule has 1 fully saturated rings. The van der Waals surface area contributed by atoms with Crippen LogP contribution in [-0.4, -0.2) is 71.5 Å². The second kappa shape index (κ2) is 13.9. The second-order valence-electron chi connectivity index (χ2n) is 12.7. The van der Waals surface area contributed by atoms with E-state index in [1.54, 1.807) is 43.0 Å². The van der Waals surface area contributed by atoms with E-state index in [4.69, 9.17) is 31.3 Å². The Morgan fingerprint density at radius 1 is 1.17 bits per heavy atom. The van der Waals surface area contributed by atoms with Gasteiger partial charge in [-0.2, -0.15) is 0 Å². The monoisotopic (exact) mass is 631 g/mol. The van der Waals surface area contributed by atoms with Gasteiger partial charge in [-0.05, 0) is 48.4 Å². The van der Waals surface area contributed by atoms with Crippen LogP contribution in [-0.2, 0) is 29.0 Å². The summed E-state index contributed by atoms with van der Waals surface area (Å²) in [6, 6.07) is 5.62. The zero-order chi connectivity index (χ0) is 32.1. The number of nitrogens with zero attached hydrogens (tertiary/aromatic N) is 1. The molecule has 42 heavy (non-hydrogen) atoms. The fourth-order valence-electron chi connectivity index (χ4n) is 4.55. The predicted octanol–water partition coefficient (Wildman–Crippen LogP) is 4.45. The van der Waals surface area contributed by atoms with Crippen molar-refractivity contribution < 1.29 is 38.1 Å². The molecule has 5 N–H and O–H groups in total. The van der Waals surface area contributed by atoms with Crippen molar-refractivity contribution in [2.24, 2.45) is 17.1 Å². The minimum absolute atomic E-state index is 0.0945. The van der Waals surface area contributed by atoms with E-state index < -0.39 is 54.9 Å². The maximum atomic E-state index is 13.6. The second-order valence-corrected chi connectivity index (χ2v) is 15.1. The molecular formula is C28H45ClN4O8P+. The van der Waals surface area contributed by atoms with Gasteiger partial charge in [-0.25, -0.2) is 9.59 Å². The third-order valence-electron chi connectivity index (χ3n) is 7.15. The molecule has 0 bridgehead atoms. The number of hydrogen-bond acceptors (Lipinski definition) is 9. The summed E-state index contributed by atoms with van der Waals surface area (Å²) in [5.74, 6) is -0.489. The molecule has 0 spiro atoms. The summed E-state index contributed by atoms with van der Waals surface area (Å²) in [5.41, 5.74) is 3.37. The first-order chi connectivity index (χ1) is 19.2. The lowest BCUT2D eigenvalue weighted by atomic mass is 9.66. The third kappa shape index (κ3) is 9.50. The van der Waals surface area contributed by atoms with E-state index in [0.717, 1.165) is 5.56 Å². The molecule has 3 amide bonds. The third-order valence-corrected chi connectivity index (χ3v) is 8.69. The minimum Gasteiger partial charge on any atom is -0.426 e. The Morgan fingerprint density at radius 3 is 2.29 bits per heavy atom. The lowest BCUT2D eigenvalue weighted by molar-refractivity contribution is -0.155. The standard InChI is InChI=1S/C28H44ClN4O8P/c1-18(2)21(22(34)33-14-13-28(37,25(3,4)16-33)19-9-11-20(29)12-10-19)32-23(35)31-15-26(5,6)41-24(36)39-17-40-42(38)27(7,8)30/h9-12,18,21,37H,13-17,30H2,1-8H3,(H-,31,32,35)/p+1/t21-,28+/m1/s1. The highest BCUT2D eigenvalue weighted by atomic mass is 35.5. The number of aliphatic hydroxyl groups is 1. The van der Waals surface area contributed by atoms with Crippen LogP contribution in [0.2, 0.25) is 5.02 Å². The number of ether oxygens (including phenoxy) is 2. The Balaban J connectivity index is 1.93. The maximum Gasteiger partial charge on any atom is 0.533 e. The fourth-order valence-corrected chi connectivity index (χ4v) is 5.15. The summed E-state index contributed by atoms with van der Waals surface area (Å²) in [7, 11) is -2.27. The van der Waals surface area contributed by atoms with Crippen LogP contribution in [0.1, 0.15) is 67.4 Å². The number of carbonyl (C=O) groups is 3. The normalized spacial score (nSPS) is 20.0. The molecule has 0 aromatic heterocycles. The van der Waals surface area contributed by atoms with Crippen molar-refractivity contribution in [2.45, 2.75) is 84.3 Å². The topological polar surface area (TPSA) is 170 Å². The molecule has 1 unspecified atom stereocenters. The van der Waals surface area contributed by atoms with Crippen LogP contribution < -0.4 is 16.4 Å². The van der Waals surface area contributed by atoms with Gasteiger partial charge in [0.05, 0.1) is 12.1 Å². The number of piperidine rings is 1. The van der Waals surface area contributed by atoms with Gasteiger partial charge in [0.15, 0.2) is 0 Å². The molecular weight excluding hydrogens is 587 g/mol. The molecule has 0 saturated carbocycles. The highest BCUT2D eigenvalue weighted by Gasteiger charge is 2.50. The first-order valence-electron chi connectivity index (χ1n) is 13.7. The zero-order valence-electron chi connectivity index (χ0n) is 25.7. The van der Waals surface area contributed by atoms with Gasteiger partial charge >= 0.3 is 20.2 Å². The van der Waals surface area contributed by atoms with E-state index in [9.17, 15) is 24.1 Å². The number of halogens is 1. The minimum atomic E-state index is -2.27. The summed E-state index contributed by atoms with van der Waals surface area (Å²) in [6.07, 6.45) is -0.765. The van der Waals surface area contributed by atoms with Crippen molar-refractivity contribution >= 4 is 37.7 Å². The quantitative estimate of drug-likeness (QED) is 0.156. The summed E-state index contributed by atoms with van der Waals surface area (Å²) in [5, 5.41) is 16.5. The fraction of sp³-hybridized carbons (Fsp3) is 0.679. The van der Waals surface area contributed by atoms with Gasteiger partial charge in [-0.3, -0.25) is 10.5 Å². The Bertz CT molecular complexity index is 1140. The largest absolute Gasteiger partial charge is 0.533 e. The van der Waals surface area contributed by atoms with Gasteiger partial charge in [-0.1, -0.05) is 51.4 Å². The molecule has 1 aromatic carbocycles. The molecule has 1 aromatic rings. The van der Waals surface area contributed by atoms with E-state index in [1.165, 1.54) is 13.8 Å². The van der Waals surface area contributed by atoms with Crippen LogP contribution in [0.25, 0.3) is 0 Å².